The second-order valence-corrected chi connectivity index (χ2v) is 8.06. The largest absolute Gasteiger partial charge is 0.378 e. The zero-order valence-electron chi connectivity index (χ0n) is 10.9. The summed E-state index contributed by atoms with van der Waals surface area (Å²) >= 11 is 4.07. The van der Waals surface area contributed by atoms with Crippen molar-refractivity contribution >= 4 is 23.5 Å². The molecule has 1 atom stereocenters. The fourth-order valence-corrected chi connectivity index (χ4v) is 3.28. The van der Waals surface area contributed by atoms with Crippen molar-refractivity contribution in [3.05, 3.63) is 0 Å². The Balaban J connectivity index is 3.84. The molecule has 1 unspecified atom stereocenters. The summed E-state index contributed by atoms with van der Waals surface area (Å²) in [7, 11) is 0. The minimum absolute atomic E-state index is 0.351. The van der Waals surface area contributed by atoms with Crippen LogP contribution in [0.2, 0.25) is 0 Å². The van der Waals surface area contributed by atoms with Gasteiger partial charge in [-0.25, -0.2) is 0 Å². The second-order valence-electron chi connectivity index (χ2n) is 4.57. The molecule has 0 radical (unpaired) electrons. The Bertz CT molecular complexity index is 135. The molecule has 0 saturated carbocycles. The molecule has 0 N–H and O–H groups in total. The van der Waals surface area contributed by atoms with E-state index < -0.39 is 0 Å². The van der Waals surface area contributed by atoms with Gasteiger partial charge >= 0.3 is 0 Å². The molecule has 0 bridgehead atoms. The molecule has 0 aromatic carbocycles. The SMILES string of the molecule is CC(C)OCC(CSC(C)C)SC(C)C. The average molecular weight is 250 g/mol. The first-order valence-corrected chi connectivity index (χ1v) is 7.79. The predicted molar refractivity (Wildman–Crippen MR) is 75.2 cm³/mol. The monoisotopic (exact) mass is 250 g/mol. The summed E-state index contributed by atoms with van der Waals surface area (Å²) in [5.41, 5.74) is 0. The lowest BCUT2D eigenvalue weighted by molar-refractivity contribution is 0.0824. The molecule has 0 aliphatic carbocycles. The first kappa shape index (κ1) is 15.7. The molecule has 0 rings (SSSR count). The Kier molecular flexibility index (Phi) is 9.16. The van der Waals surface area contributed by atoms with Crippen LogP contribution in [0.1, 0.15) is 41.5 Å². The van der Waals surface area contributed by atoms with Gasteiger partial charge in [0.2, 0.25) is 0 Å². The maximum atomic E-state index is 5.70. The molecule has 0 aliphatic rings. The Morgan fingerprint density at radius 2 is 1.53 bits per heavy atom. The zero-order chi connectivity index (χ0) is 11.8. The van der Waals surface area contributed by atoms with Crippen molar-refractivity contribution in [2.24, 2.45) is 0 Å². The third kappa shape index (κ3) is 10.9. The van der Waals surface area contributed by atoms with Crippen LogP contribution in [-0.2, 0) is 4.74 Å². The highest BCUT2D eigenvalue weighted by atomic mass is 32.2. The van der Waals surface area contributed by atoms with Crippen LogP contribution in [-0.4, -0.2) is 34.2 Å². The number of hydrogen-bond acceptors (Lipinski definition) is 3. The summed E-state index contributed by atoms with van der Waals surface area (Å²) in [5.74, 6) is 1.20. The second kappa shape index (κ2) is 8.77. The van der Waals surface area contributed by atoms with Crippen LogP contribution in [0.4, 0.5) is 0 Å². The van der Waals surface area contributed by atoms with Gasteiger partial charge in [0.15, 0.2) is 0 Å². The van der Waals surface area contributed by atoms with Crippen molar-refractivity contribution in [1.82, 2.24) is 0 Å². The van der Waals surface area contributed by atoms with Crippen LogP contribution >= 0.6 is 23.5 Å². The first-order valence-electron chi connectivity index (χ1n) is 5.80. The molecular formula is C12H26OS2. The Hall–Kier alpha value is 0.660. The van der Waals surface area contributed by atoms with Crippen molar-refractivity contribution in [2.75, 3.05) is 12.4 Å². The highest BCUT2D eigenvalue weighted by molar-refractivity contribution is 8.03. The molecule has 0 heterocycles. The van der Waals surface area contributed by atoms with Crippen LogP contribution < -0.4 is 0 Å². The fourth-order valence-electron chi connectivity index (χ4n) is 1.11. The van der Waals surface area contributed by atoms with Gasteiger partial charge in [0, 0.05) is 11.0 Å². The van der Waals surface area contributed by atoms with Gasteiger partial charge in [-0.2, -0.15) is 23.5 Å². The van der Waals surface area contributed by atoms with E-state index in [1.54, 1.807) is 0 Å². The molecule has 0 amide bonds. The van der Waals surface area contributed by atoms with Gasteiger partial charge in [-0.1, -0.05) is 27.7 Å². The summed E-state index contributed by atoms with van der Waals surface area (Å²) in [6, 6.07) is 0. The summed E-state index contributed by atoms with van der Waals surface area (Å²) in [6.07, 6.45) is 0.351. The van der Waals surface area contributed by atoms with Crippen LogP contribution in [0, 0.1) is 0 Å². The molecule has 3 heteroatoms. The minimum Gasteiger partial charge on any atom is -0.378 e. The highest BCUT2D eigenvalue weighted by Gasteiger charge is 2.13. The standard InChI is InChI=1S/C12H26OS2/c1-9(2)13-7-12(15-11(5)6)8-14-10(3)4/h9-12H,7-8H2,1-6H3. The Labute approximate surface area is 104 Å². The smallest absolute Gasteiger partial charge is 0.0596 e. The lowest BCUT2D eigenvalue weighted by Gasteiger charge is -2.20. The summed E-state index contributed by atoms with van der Waals surface area (Å²) in [5, 5.41) is 2.05. The van der Waals surface area contributed by atoms with Crippen molar-refractivity contribution < 1.29 is 4.74 Å². The normalized spacial score (nSPS) is 14.2. The topological polar surface area (TPSA) is 9.23 Å². The molecule has 0 spiro atoms. The van der Waals surface area contributed by atoms with Gasteiger partial charge in [0.1, 0.15) is 0 Å². The zero-order valence-corrected chi connectivity index (χ0v) is 12.6. The molecule has 15 heavy (non-hydrogen) atoms. The van der Waals surface area contributed by atoms with E-state index >= 15 is 0 Å². The molecule has 0 saturated heterocycles. The molecule has 0 aromatic heterocycles. The maximum absolute atomic E-state index is 5.70. The number of ether oxygens (including phenoxy) is 1. The van der Waals surface area contributed by atoms with E-state index in [0.717, 1.165) is 11.9 Å². The quantitative estimate of drug-likeness (QED) is 0.643. The lowest BCUT2D eigenvalue weighted by atomic mass is 10.4. The van der Waals surface area contributed by atoms with E-state index in [1.165, 1.54) is 5.75 Å². The maximum Gasteiger partial charge on any atom is 0.0596 e. The van der Waals surface area contributed by atoms with Crippen molar-refractivity contribution in [3.63, 3.8) is 0 Å². The third-order valence-corrected chi connectivity index (χ3v) is 4.40. The lowest BCUT2D eigenvalue weighted by Crippen LogP contribution is -2.20. The fraction of sp³-hybridized carbons (Fsp3) is 1.00. The molecule has 92 valence electrons. The van der Waals surface area contributed by atoms with E-state index in [1.807, 2.05) is 23.5 Å². The van der Waals surface area contributed by atoms with Gasteiger partial charge in [-0.05, 0) is 24.3 Å². The molecular weight excluding hydrogens is 224 g/mol. The van der Waals surface area contributed by atoms with Crippen molar-refractivity contribution in [2.45, 2.75) is 63.4 Å². The number of hydrogen-bond donors (Lipinski definition) is 0. The van der Waals surface area contributed by atoms with E-state index in [-0.39, 0.29) is 0 Å². The van der Waals surface area contributed by atoms with Crippen LogP contribution in [0.25, 0.3) is 0 Å². The Morgan fingerprint density at radius 1 is 0.933 bits per heavy atom. The van der Waals surface area contributed by atoms with E-state index in [2.05, 4.69) is 41.5 Å². The Morgan fingerprint density at radius 3 is 1.93 bits per heavy atom. The average Bonchev–Trinajstić information content (AvgIpc) is 2.08. The van der Waals surface area contributed by atoms with E-state index in [4.69, 9.17) is 4.74 Å². The van der Waals surface area contributed by atoms with Crippen molar-refractivity contribution in [1.29, 1.82) is 0 Å². The number of thioether (sulfide) groups is 2. The minimum atomic E-state index is 0.351. The molecule has 0 fully saturated rings. The first-order chi connectivity index (χ1) is 6.91. The molecule has 0 aliphatic heterocycles. The van der Waals surface area contributed by atoms with Gasteiger partial charge in [-0.15, -0.1) is 0 Å². The van der Waals surface area contributed by atoms with E-state index in [0.29, 0.717) is 16.6 Å². The van der Waals surface area contributed by atoms with E-state index in [9.17, 15) is 0 Å². The summed E-state index contributed by atoms with van der Waals surface area (Å²) in [6.45, 7) is 14.1. The van der Waals surface area contributed by atoms with Crippen LogP contribution in [0.3, 0.4) is 0 Å². The summed E-state index contributed by atoms with van der Waals surface area (Å²) < 4.78 is 5.70. The number of rotatable bonds is 8. The predicted octanol–water partition coefficient (Wildman–Crippen LogP) is 4.06. The van der Waals surface area contributed by atoms with Crippen LogP contribution in [0.15, 0.2) is 0 Å². The van der Waals surface area contributed by atoms with Gasteiger partial charge in [0.05, 0.1) is 12.7 Å². The van der Waals surface area contributed by atoms with Gasteiger partial charge in [-0.3, -0.25) is 0 Å². The van der Waals surface area contributed by atoms with Crippen molar-refractivity contribution in [3.8, 4) is 0 Å². The van der Waals surface area contributed by atoms with Gasteiger partial charge in [0.25, 0.3) is 0 Å². The summed E-state index contributed by atoms with van der Waals surface area (Å²) in [4.78, 5) is 0. The van der Waals surface area contributed by atoms with Gasteiger partial charge < -0.3 is 4.74 Å². The molecule has 0 aromatic rings. The highest BCUT2D eigenvalue weighted by Crippen LogP contribution is 2.23. The van der Waals surface area contributed by atoms with Crippen LogP contribution in [0.5, 0.6) is 0 Å². The third-order valence-electron chi connectivity index (χ3n) is 1.70. The molecule has 1 nitrogen and oxygen atoms in total.